The van der Waals surface area contributed by atoms with Crippen molar-refractivity contribution in [2.75, 3.05) is 0 Å². The molecule has 6 nitrogen and oxygen atoms in total. The van der Waals surface area contributed by atoms with Crippen LogP contribution in [0.25, 0.3) is 11.1 Å². The van der Waals surface area contributed by atoms with Gasteiger partial charge in [0.15, 0.2) is 0 Å². The summed E-state index contributed by atoms with van der Waals surface area (Å²) in [6, 6.07) is 16.8. The zero-order chi connectivity index (χ0) is 20.7. The largest absolute Gasteiger partial charge is 0.386 e. The van der Waals surface area contributed by atoms with Crippen molar-refractivity contribution in [2.45, 2.75) is 37.9 Å². The zero-order valence-corrected chi connectivity index (χ0v) is 16.7. The normalized spacial score (nSPS) is 13.1. The number of rotatable bonds is 8. The Morgan fingerprint density at radius 1 is 1.11 bits per heavy atom. The third kappa shape index (κ3) is 5.27. The minimum Gasteiger partial charge on any atom is -0.386 e. The van der Waals surface area contributed by atoms with Gasteiger partial charge >= 0.3 is 0 Å². The summed E-state index contributed by atoms with van der Waals surface area (Å²) in [5.41, 5.74) is 9.31. The van der Waals surface area contributed by atoms with Gasteiger partial charge in [-0.1, -0.05) is 36.4 Å². The Bertz CT molecular complexity index is 987. The fraction of sp³-hybridized carbons (Fsp3) is 0.286. The summed E-state index contributed by atoms with van der Waals surface area (Å²) in [6.45, 7) is 3.08. The number of sulfonamides is 1. The molecule has 28 heavy (non-hydrogen) atoms. The van der Waals surface area contributed by atoms with Gasteiger partial charge in [0.05, 0.1) is 16.9 Å². The standard InChI is InChI=1S/C21H23N3O3S/c1-15(2)28(26,27)24-21(23)20(4-3-13-25)19-11-9-18(10-12-19)17-7-5-16(14-22)6-8-17/h5-13,15,20H,3-4H2,1-2H3,(H2,23,24). The van der Waals surface area contributed by atoms with Gasteiger partial charge < -0.3 is 10.5 Å². The van der Waals surface area contributed by atoms with E-state index < -0.39 is 21.2 Å². The van der Waals surface area contributed by atoms with Crippen LogP contribution < -0.4 is 5.73 Å². The van der Waals surface area contributed by atoms with Gasteiger partial charge in [0.2, 0.25) is 0 Å². The highest BCUT2D eigenvalue weighted by Crippen LogP contribution is 2.26. The Labute approximate surface area is 165 Å². The van der Waals surface area contributed by atoms with Crippen molar-refractivity contribution in [1.82, 2.24) is 0 Å². The van der Waals surface area contributed by atoms with Crippen molar-refractivity contribution < 1.29 is 13.2 Å². The minimum absolute atomic E-state index is 0.0123. The molecule has 0 saturated heterocycles. The predicted octanol–water partition coefficient (Wildman–Crippen LogP) is 3.38. The molecule has 0 aliphatic rings. The number of nitriles is 1. The van der Waals surface area contributed by atoms with E-state index >= 15 is 0 Å². The summed E-state index contributed by atoms with van der Waals surface area (Å²) in [5.74, 6) is -0.476. The molecule has 1 unspecified atom stereocenters. The van der Waals surface area contributed by atoms with Gasteiger partial charge in [-0.25, -0.2) is 8.42 Å². The maximum absolute atomic E-state index is 12.1. The molecule has 0 aliphatic heterocycles. The lowest BCUT2D eigenvalue weighted by atomic mass is 9.92. The summed E-state index contributed by atoms with van der Waals surface area (Å²) in [4.78, 5) is 10.8. The molecule has 2 aromatic rings. The summed E-state index contributed by atoms with van der Waals surface area (Å²) in [5, 5.41) is 8.22. The second kappa shape index (κ2) is 9.29. The third-order valence-corrected chi connectivity index (χ3v) is 6.08. The molecule has 2 N–H and O–H groups in total. The SMILES string of the molecule is CC(C)S(=O)(=O)N=C(N)C(CCC=O)c1ccc(-c2ccc(C#N)cc2)cc1. The fourth-order valence-electron chi connectivity index (χ4n) is 2.68. The molecule has 0 radical (unpaired) electrons. The van der Waals surface area contributed by atoms with Crippen LogP contribution in [-0.2, 0) is 14.8 Å². The lowest BCUT2D eigenvalue weighted by Gasteiger charge is -2.17. The molecular weight excluding hydrogens is 374 g/mol. The van der Waals surface area contributed by atoms with Gasteiger partial charge in [-0.2, -0.15) is 5.26 Å². The van der Waals surface area contributed by atoms with E-state index in [9.17, 15) is 13.2 Å². The monoisotopic (exact) mass is 397 g/mol. The van der Waals surface area contributed by atoms with Crippen molar-refractivity contribution in [3.8, 4) is 17.2 Å². The Morgan fingerprint density at radius 2 is 1.64 bits per heavy atom. The number of aldehydes is 1. The van der Waals surface area contributed by atoms with E-state index in [4.69, 9.17) is 11.0 Å². The van der Waals surface area contributed by atoms with E-state index in [1.807, 2.05) is 36.4 Å². The van der Waals surface area contributed by atoms with E-state index in [1.54, 1.807) is 26.0 Å². The second-order valence-electron chi connectivity index (χ2n) is 6.69. The molecular formula is C21H23N3O3S. The Balaban J connectivity index is 2.35. The first-order chi connectivity index (χ1) is 13.3. The van der Waals surface area contributed by atoms with Gasteiger partial charge in [0, 0.05) is 12.3 Å². The Morgan fingerprint density at radius 3 is 2.11 bits per heavy atom. The van der Waals surface area contributed by atoms with Gasteiger partial charge in [-0.05, 0) is 49.1 Å². The van der Waals surface area contributed by atoms with E-state index in [0.29, 0.717) is 12.0 Å². The lowest BCUT2D eigenvalue weighted by molar-refractivity contribution is -0.107. The van der Waals surface area contributed by atoms with Crippen molar-refractivity contribution in [2.24, 2.45) is 10.1 Å². The van der Waals surface area contributed by atoms with Crippen molar-refractivity contribution in [1.29, 1.82) is 5.26 Å². The van der Waals surface area contributed by atoms with E-state index in [2.05, 4.69) is 10.5 Å². The number of hydrogen-bond acceptors (Lipinski definition) is 4. The molecule has 0 fully saturated rings. The summed E-state index contributed by atoms with van der Waals surface area (Å²) < 4.78 is 27.9. The summed E-state index contributed by atoms with van der Waals surface area (Å²) >= 11 is 0. The highest BCUT2D eigenvalue weighted by molar-refractivity contribution is 7.90. The predicted molar refractivity (Wildman–Crippen MR) is 110 cm³/mol. The van der Waals surface area contributed by atoms with Crippen LogP contribution >= 0.6 is 0 Å². The van der Waals surface area contributed by atoms with Gasteiger partial charge in [-0.15, -0.1) is 4.40 Å². The highest BCUT2D eigenvalue weighted by atomic mass is 32.2. The smallest absolute Gasteiger partial charge is 0.257 e. The topological polar surface area (TPSA) is 113 Å². The van der Waals surface area contributed by atoms with E-state index in [1.165, 1.54) is 0 Å². The quantitative estimate of drug-likeness (QED) is 0.417. The Kier molecular flexibility index (Phi) is 7.07. The van der Waals surface area contributed by atoms with Gasteiger partial charge in [0.1, 0.15) is 12.1 Å². The maximum atomic E-state index is 12.1. The molecule has 0 aliphatic carbocycles. The van der Waals surface area contributed by atoms with Crippen LogP contribution in [0.15, 0.2) is 52.9 Å². The summed E-state index contributed by atoms with van der Waals surface area (Å²) in [7, 11) is -3.68. The first-order valence-corrected chi connectivity index (χ1v) is 10.4. The van der Waals surface area contributed by atoms with Crippen LogP contribution in [0.1, 0.15) is 43.7 Å². The van der Waals surface area contributed by atoms with Crippen molar-refractivity contribution >= 4 is 22.1 Å². The average molecular weight is 398 g/mol. The molecule has 0 heterocycles. The molecule has 146 valence electrons. The first kappa shape index (κ1) is 21.3. The van der Waals surface area contributed by atoms with Crippen LogP contribution in [0.4, 0.5) is 0 Å². The maximum Gasteiger partial charge on any atom is 0.257 e. The molecule has 2 rings (SSSR count). The second-order valence-corrected chi connectivity index (χ2v) is 8.84. The van der Waals surface area contributed by atoms with Crippen LogP contribution in [0, 0.1) is 11.3 Å². The number of benzene rings is 2. The van der Waals surface area contributed by atoms with Crippen LogP contribution in [0.5, 0.6) is 0 Å². The molecule has 7 heteroatoms. The minimum atomic E-state index is -3.68. The zero-order valence-electron chi connectivity index (χ0n) is 15.9. The molecule has 0 spiro atoms. The van der Waals surface area contributed by atoms with Crippen LogP contribution in [0.3, 0.4) is 0 Å². The average Bonchev–Trinajstić information content (AvgIpc) is 2.68. The van der Waals surface area contributed by atoms with E-state index in [-0.39, 0.29) is 12.3 Å². The fourth-order valence-corrected chi connectivity index (χ4v) is 3.31. The van der Waals surface area contributed by atoms with Crippen molar-refractivity contribution in [3.05, 3.63) is 59.7 Å². The van der Waals surface area contributed by atoms with E-state index in [0.717, 1.165) is 23.0 Å². The number of carbonyl (C=O) groups excluding carboxylic acids is 1. The number of carbonyl (C=O) groups is 1. The molecule has 0 bridgehead atoms. The molecule has 2 aromatic carbocycles. The number of amidine groups is 1. The highest BCUT2D eigenvalue weighted by Gasteiger charge is 2.21. The lowest BCUT2D eigenvalue weighted by Crippen LogP contribution is -2.25. The third-order valence-electron chi connectivity index (χ3n) is 4.42. The molecule has 0 aromatic heterocycles. The summed E-state index contributed by atoms with van der Waals surface area (Å²) in [6.07, 6.45) is 1.41. The molecule has 0 amide bonds. The van der Waals surface area contributed by atoms with Crippen LogP contribution in [-0.4, -0.2) is 25.8 Å². The molecule has 0 saturated carbocycles. The van der Waals surface area contributed by atoms with Gasteiger partial charge in [-0.3, -0.25) is 0 Å². The number of nitrogens with zero attached hydrogens (tertiary/aromatic N) is 2. The number of hydrogen-bond donors (Lipinski definition) is 1. The Hall–Kier alpha value is -2.98. The van der Waals surface area contributed by atoms with Gasteiger partial charge in [0.25, 0.3) is 10.0 Å². The number of nitrogens with two attached hydrogens (primary N) is 1. The first-order valence-electron chi connectivity index (χ1n) is 8.91. The molecule has 1 atom stereocenters. The van der Waals surface area contributed by atoms with Crippen molar-refractivity contribution in [3.63, 3.8) is 0 Å². The van der Waals surface area contributed by atoms with Crippen LogP contribution in [0.2, 0.25) is 0 Å².